The Morgan fingerprint density at radius 2 is 2.08 bits per heavy atom. The number of fused-ring (bicyclic) bond motifs is 1. The first-order valence-corrected chi connectivity index (χ1v) is 11.1. The van der Waals surface area contributed by atoms with E-state index in [4.69, 9.17) is 4.74 Å². The minimum Gasteiger partial charge on any atom is -0.378 e. The van der Waals surface area contributed by atoms with E-state index in [0.717, 1.165) is 4.90 Å². The van der Waals surface area contributed by atoms with Crippen molar-refractivity contribution in [3.05, 3.63) is 18.2 Å². The largest absolute Gasteiger partial charge is 0.378 e. The monoisotopic (exact) mass is 398 g/mol. The number of carbonyl (C=O) groups excluding carboxylic acids is 2. The lowest BCUT2D eigenvalue weighted by Crippen LogP contribution is -2.41. The molecule has 0 spiro atoms. The number of benzene rings is 1. The van der Waals surface area contributed by atoms with E-state index in [1.54, 1.807) is 28.8 Å². The first kappa shape index (κ1) is 19.2. The summed E-state index contributed by atoms with van der Waals surface area (Å²) in [7, 11) is -3.61. The summed E-state index contributed by atoms with van der Waals surface area (Å²) in [6, 6.07) is 4.76. The molecule has 1 N–H and O–H groups in total. The minimum absolute atomic E-state index is 0.0580. The van der Waals surface area contributed by atoms with Gasteiger partial charge < -0.3 is 15.0 Å². The van der Waals surface area contributed by atoms with Gasteiger partial charge in [-0.1, -0.05) is 6.92 Å². The number of amides is 2. The second-order valence-electron chi connectivity index (χ2n) is 6.40. The Morgan fingerprint density at radius 3 is 2.81 bits per heavy atom. The first-order chi connectivity index (χ1) is 12.3. The summed E-state index contributed by atoms with van der Waals surface area (Å²) in [4.78, 5) is 26.7. The molecule has 3 rings (SSSR count). The van der Waals surface area contributed by atoms with E-state index in [1.807, 2.05) is 6.92 Å². The van der Waals surface area contributed by atoms with Crippen molar-refractivity contribution in [3.8, 4) is 0 Å². The smallest absolute Gasteiger partial charge is 0.225 e. The maximum Gasteiger partial charge on any atom is 0.225 e. The number of ether oxygens (including phenoxy) is 1. The zero-order valence-electron chi connectivity index (χ0n) is 14.6. The number of thioether (sulfide) groups is 1. The van der Waals surface area contributed by atoms with Crippen molar-refractivity contribution in [2.45, 2.75) is 34.8 Å². The normalized spacial score (nSPS) is 20.9. The predicted molar refractivity (Wildman–Crippen MR) is 99.1 cm³/mol. The van der Waals surface area contributed by atoms with E-state index < -0.39 is 9.84 Å². The molecule has 0 saturated carbocycles. The summed E-state index contributed by atoms with van der Waals surface area (Å²) < 4.78 is 30.4. The highest BCUT2D eigenvalue weighted by atomic mass is 32.2. The van der Waals surface area contributed by atoms with Crippen LogP contribution in [0.1, 0.15) is 19.8 Å². The molecule has 2 aliphatic rings. The average molecular weight is 399 g/mol. The molecule has 26 heavy (non-hydrogen) atoms. The number of carbonyl (C=O) groups is 2. The van der Waals surface area contributed by atoms with Crippen molar-refractivity contribution >= 4 is 39.1 Å². The van der Waals surface area contributed by atoms with E-state index >= 15 is 0 Å². The van der Waals surface area contributed by atoms with Crippen LogP contribution in [-0.4, -0.2) is 62.4 Å². The van der Waals surface area contributed by atoms with Crippen LogP contribution in [0.4, 0.5) is 5.69 Å². The number of nitrogens with one attached hydrogen (secondary N) is 1. The van der Waals surface area contributed by atoms with Crippen molar-refractivity contribution in [3.63, 3.8) is 0 Å². The lowest BCUT2D eigenvalue weighted by atomic mass is 10.3. The van der Waals surface area contributed by atoms with Gasteiger partial charge in [0.2, 0.25) is 11.8 Å². The average Bonchev–Trinajstić information content (AvgIpc) is 2.76. The van der Waals surface area contributed by atoms with Gasteiger partial charge in [0.05, 0.1) is 29.5 Å². The zero-order valence-corrected chi connectivity index (χ0v) is 16.2. The van der Waals surface area contributed by atoms with E-state index in [0.29, 0.717) is 38.4 Å². The molecule has 1 atom stereocenters. The van der Waals surface area contributed by atoms with Gasteiger partial charge in [0.25, 0.3) is 0 Å². The molecule has 1 aromatic carbocycles. The molecule has 1 fully saturated rings. The maximum absolute atomic E-state index is 12.6. The van der Waals surface area contributed by atoms with Gasteiger partial charge in [0.15, 0.2) is 9.84 Å². The summed E-state index contributed by atoms with van der Waals surface area (Å²) in [6.07, 6.45) is 0.326. The second-order valence-corrected chi connectivity index (χ2v) is 9.99. The van der Waals surface area contributed by atoms with Gasteiger partial charge in [-0.05, 0) is 18.2 Å². The van der Waals surface area contributed by atoms with Gasteiger partial charge in [0, 0.05) is 36.1 Å². The Bertz CT molecular complexity index is 803. The number of nitrogens with zero attached hydrogens (tertiary/aromatic N) is 1. The van der Waals surface area contributed by atoms with Crippen LogP contribution < -0.4 is 5.32 Å². The van der Waals surface area contributed by atoms with Crippen LogP contribution in [0.2, 0.25) is 0 Å². The summed E-state index contributed by atoms with van der Waals surface area (Å²) >= 11 is 1.54. The summed E-state index contributed by atoms with van der Waals surface area (Å²) in [5.74, 6) is -0.551. The first-order valence-electron chi connectivity index (χ1n) is 8.54. The number of hydrogen-bond donors (Lipinski definition) is 1. The van der Waals surface area contributed by atoms with Crippen LogP contribution in [0, 0.1) is 0 Å². The van der Waals surface area contributed by atoms with Crippen LogP contribution in [0.5, 0.6) is 0 Å². The molecule has 0 unspecified atom stereocenters. The number of morpholine rings is 1. The Morgan fingerprint density at radius 1 is 1.35 bits per heavy atom. The third-order valence-corrected chi connectivity index (χ3v) is 7.23. The zero-order chi connectivity index (χ0) is 18.7. The molecule has 9 heteroatoms. The third-order valence-electron chi connectivity index (χ3n) is 4.33. The maximum atomic E-state index is 12.6. The van der Waals surface area contributed by atoms with E-state index in [9.17, 15) is 18.0 Å². The van der Waals surface area contributed by atoms with Gasteiger partial charge in [0.1, 0.15) is 0 Å². The van der Waals surface area contributed by atoms with Gasteiger partial charge in [-0.3, -0.25) is 9.59 Å². The van der Waals surface area contributed by atoms with Crippen molar-refractivity contribution in [1.82, 2.24) is 4.90 Å². The number of sulfone groups is 1. The molecule has 1 saturated heterocycles. The summed E-state index contributed by atoms with van der Waals surface area (Å²) in [5.41, 5.74) is 0.518. The molecule has 142 valence electrons. The van der Waals surface area contributed by atoms with Gasteiger partial charge in [-0.15, -0.1) is 11.8 Å². The quantitative estimate of drug-likeness (QED) is 0.827. The molecular formula is C17H22N2O5S2. The third kappa shape index (κ3) is 4.57. The molecule has 7 nitrogen and oxygen atoms in total. The molecular weight excluding hydrogens is 376 g/mol. The molecule has 1 aromatic rings. The Kier molecular flexibility index (Phi) is 5.89. The van der Waals surface area contributed by atoms with E-state index in [-0.39, 0.29) is 34.1 Å². The second kappa shape index (κ2) is 7.98. The number of anilines is 1. The fourth-order valence-corrected chi connectivity index (χ4v) is 5.24. The Balaban J connectivity index is 1.71. The molecule has 2 aliphatic heterocycles. The summed E-state index contributed by atoms with van der Waals surface area (Å²) in [6.45, 7) is 3.93. The van der Waals surface area contributed by atoms with Gasteiger partial charge in [-0.2, -0.15) is 0 Å². The van der Waals surface area contributed by atoms with Crippen LogP contribution >= 0.6 is 11.8 Å². The topological polar surface area (TPSA) is 92.8 Å². The standard InChI is InChI=1S/C17H22N2O5S2/c1-12-10-16(20)18-14-11-13(2-3-15(14)25-12)26(22,23)9-4-17(21)19-5-7-24-8-6-19/h2-3,11-12H,4-10H2,1H3,(H,18,20)/t12-/m1/s1. The van der Waals surface area contributed by atoms with Crippen LogP contribution in [0.3, 0.4) is 0 Å². The van der Waals surface area contributed by atoms with E-state index in [2.05, 4.69) is 5.32 Å². The molecule has 0 radical (unpaired) electrons. The van der Waals surface area contributed by atoms with Gasteiger partial charge in [-0.25, -0.2) is 8.42 Å². The van der Waals surface area contributed by atoms with Crippen LogP contribution in [0.25, 0.3) is 0 Å². The van der Waals surface area contributed by atoms with Gasteiger partial charge >= 0.3 is 0 Å². The lowest BCUT2D eigenvalue weighted by Gasteiger charge is -2.26. The van der Waals surface area contributed by atoms with Crippen LogP contribution in [0.15, 0.2) is 28.0 Å². The Labute approximate surface area is 157 Å². The van der Waals surface area contributed by atoms with Crippen molar-refractivity contribution in [2.24, 2.45) is 0 Å². The van der Waals surface area contributed by atoms with E-state index in [1.165, 1.54) is 6.07 Å². The van der Waals surface area contributed by atoms with Crippen LogP contribution in [-0.2, 0) is 24.2 Å². The minimum atomic E-state index is -3.61. The molecule has 0 aliphatic carbocycles. The highest BCUT2D eigenvalue weighted by Crippen LogP contribution is 2.36. The van der Waals surface area contributed by atoms with Crippen molar-refractivity contribution in [2.75, 3.05) is 37.4 Å². The summed E-state index contributed by atoms with van der Waals surface area (Å²) in [5, 5.41) is 2.90. The Hall–Kier alpha value is -1.58. The molecule has 2 amide bonds. The number of rotatable bonds is 4. The molecule has 2 heterocycles. The fraction of sp³-hybridized carbons (Fsp3) is 0.529. The highest BCUT2D eigenvalue weighted by Gasteiger charge is 2.24. The fourth-order valence-electron chi connectivity index (χ4n) is 2.93. The number of hydrogen-bond acceptors (Lipinski definition) is 6. The SMILES string of the molecule is C[C@@H]1CC(=O)Nc2cc(S(=O)(=O)CCC(=O)N3CCOCC3)ccc2S1. The highest BCUT2D eigenvalue weighted by molar-refractivity contribution is 8.00. The molecule has 0 bridgehead atoms. The predicted octanol–water partition coefficient (Wildman–Crippen LogP) is 1.53. The van der Waals surface area contributed by atoms with Crippen molar-refractivity contribution in [1.29, 1.82) is 0 Å². The molecule has 0 aromatic heterocycles. The lowest BCUT2D eigenvalue weighted by molar-refractivity contribution is -0.134. The van der Waals surface area contributed by atoms with Crippen molar-refractivity contribution < 1.29 is 22.7 Å².